The van der Waals surface area contributed by atoms with Crippen LogP contribution in [0, 0.1) is 11.7 Å². The van der Waals surface area contributed by atoms with E-state index in [9.17, 15) is 14.0 Å². The van der Waals surface area contributed by atoms with Gasteiger partial charge in [-0.15, -0.1) is 0 Å². The lowest BCUT2D eigenvalue weighted by molar-refractivity contribution is -0.136. The molecule has 0 unspecified atom stereocenters. The standard InChI is InChI=1S/C19H26FN3O2/c1-19(2,3)23-13-14(12-17(23)24)18(25)22-10-8-21(9-11-22)16-7-5-4-6-15(16)20/h4-7,14H,8-13H2,1-3H3/t14-/m1/s1. The Morgan fingerprint density at radius 2 is 1.76 bits per heavy atom. The number of halogens is 1. The number of carbonyl (C=O) groups excluding carboxylic acids is 2. The molecular formula is C19H26FN3O2. The van der Waals surface area contributed by atoms with E-state index >= 15 is 0 Å². The van der Waals surface area contributed by atoms with Crippen LogP contribution in [0.4, 0.5) is 10.1 Å². The zero-order valence-electron chi connectivity index (χ0n) is 15.2. The largest absolute Gasteiger partial charge is 0.366 e. The SMILES string of the molecule is CC(C)(C)N1C[C@H](C(=O)N2CCN(c3ccccc3F)CC2)CC1=O. The molecule has 2 saturated heterocycles. The van der Waals surface area contributed by atoms with E-state index in [0.29, 0.717) is 44.8 Å². The third-order valence-electron chi connectivity index (χ3n) is 5.07. The highest BCUT2D eigenvalue weighted by molar-refractivity contribution is 5.89. The molecule has 5 nitrogen and oxygen atoms in total. The zero-order valence-corrected chi connectivity index (χ0v) is 15.2. The fraction of sp³-hybridized carbons (Fsp3) is 0.579. The van der Waals surface area contributed by atoms with Crippen LogP contribution in [0.5, 0.6) is 0 Å². The molecule has 1 atom stereocenters. The predicted octanol–water partition coefficient (Wildman–Crippen LogP) is 2.12. The second kappa shape index (κ2) is 6.65. The zero-order chi connectivity index (χ0) is 18.2. The Labute approximate surface area is 148 Å². The monoisotopic (exact) mass is 347 g/mol. The minimum absolute atomic E-state index is 0.0493. The van der Waals surface area contributed by atoms with E-state index in [1.807, 2.05) is 36.6 Å². The smallest absolute Gasteiger partial charge is 0.228 e. The van der Waals surface area contributed by atoms with Gasteiger partial charge in [0.2, 0.25) is 11.8 Å². The number of benzene rings is 1. The van der Waals surface area contributed by atoms with Gasteiger partial charge in [0.1, 0.15) is 5.82 Å². The Balaban J connectivity index is 1.59. The lowest BCUT2D eigenvalue weighted by Crippen LogP contribution is -2.51. The Hall–Kier alpha value is -2.11. The molecule has 2 aliphatic heterocycles. The van der Waals surface area contributed by atoms with Crippen molar-refractivity contribution in [3.63, 3.8) is 0 Å². The first-order chi connectivity index (χ1) is 11.8. The van der Waals surface area contributed by atoms with Crippen molar-refractivity contribution < 1.29 is 14.0 Å². The highest BCUT2D eigenvalue weighted by Gasteiger charge is 2.41. The molecule has 0 aliphatic carbocycles. The van der Waals surface area contributed by atoms with Crippen molar-refractivity contribution in [2.75, 3.05) is 37.6 Å². The number of anilines is 1. The van der Waals surface area contributed by atoms with Gasteiger partial charge in [-0.05, 0) is 32.9 Å². The molecule has 3 rings (SSSR count). The highest BCUT2D eigenvalue weighted by atomic mass is 19.1. The molecule has 0 aromatic heterocycles. The number of likely N-dealkylation sites (tertiary alicyclic amines) is 1. The summed E-state index contributed by atoms with van der Waals surface area (Å²) in [6.45, 7) is 8.81. The van der Waals surface area contributed by atoms with Crippen molar-refractivity contribution in [2.24, 2.45) is 5.92 Å². The van der Waals surface area contributed by atoms with E-state index in [2.05, 4.69) is 0 Å². The normalized spacial score (nSPS) is 21.8. The second-order valence-electron chi connectivity index (χ2n) is 7.84. The average Bonchev–Trinajstić information content (AvgIpc) is 2.97. The summed E-state index contributed by atoms with van der Waals surface area (Å²) >= 11 is 0. The van der Waals surface area contributed by atoms with Gasteiger partial charge in [0, 0.05) is 44.7 Å². The molecule has 0 radical (unpaired) electrons. The van der Waals surface area contributed by atoms with E-state index in [1.165, 1.54) is 6.07 Å². The molecule has 1 aromatic carbocycles. The summed E-state index contributed by atoms with van der Waals surface area (Å²) in [6, 6.07) is 6.72. The van der Waals surface area contributed by atoms with Gasteiger partial charge in [-0.3, -0.25) is 9.59 Å². The van der Waals surface area contributed by atoms with Crippen LogP contribution in [0.2, 0.25) is 0 Å². The molecule has 0 saturated carbocycles. The Bertz CT molecular complexity index is 663. The molecule has 6 heteroatoms. The summed E-state index contributed by atoms with van der Waals surface area (Å²) in [4.78, 5) is 30.6. The first-order valence-corrected chi connectivity index (χ1v) is 8.86. The second-order valence-corrected chi connectivity index (χ2v) is 7.84. The number of rotatable bonds is 2. The minimum Gasteiger partial charge on any atom is -0.366 e. The van der Waals surface area contributed by atoms with Gasteiger partial charge in [0.15, 0.2) is 0 Å². The summed E-state index contributed by atoms with van der Waals surface area (Å²) in [5, 5.41) is 0. The van der Waals surface area contributed by atoms with Crippen molar-refractivity contribution in [3.05, 3.63) is 30.1 Å². The van der Waals surface area contributed by atoms with Gasteiger partial charge < -0.3 is 14.7 Å². The third-order valence-corrected chi connectivity index (χ3v) is 5.07. The highest BCUT2D eigenvalue weighted by Crippen LogP contribution is 2.28. The molecule has 2 aliphatic rings. The van der Waals surface area contributed by atoms with E-state index in [-0.39, 0.29) is 29.1 Å². The maximum absolute atomic E-state index is 13.9. The molecule has 2 heterocycles. The number of para-hydroxylation sites is 1. The maximum Gasteiger partial charge on any atom is 0.228 e. The summed E-state index contributed by atoms with van der Waals surface area (Å²) < 4.78 is 13.9. The lowest BCUT2D eigenvalue weighted by atomic mass is 10.1. The first kappa shape index (κ1) is 17.7. The molecule has 136 valence electrons. The van der Waals surface area contributed by atoms with Gasteiger partial charge in [-0.2, -0.15) is 0 Å². The number of piperazine rings is 1. The molecular weight excluding hydrogens is 321 g/mol. The summed E-state index contributed by atoms with van der Waals surface area (Å²) in [5.74, 6) is -0.389. The van der Waals surface area contributed by atoms with Gasteiger partial charge in [0.05, 0.1) is 11.6 Å². The van der Waals surface area contributed by atoms with Crippen LogP contribution in [0.15, 0.2) is 24.3 Å². The van der Waals surface area contributed by atoms with Gasteiger partial charge in [0.25, 0.3) is 0 Å². The number of hydrogen-bond acceptors (Lipinski definition) is 3. The van der Waals surface area contributed by atoms with Crippen LogP contribution in [0.3, 0.4) is 0 Å². The van der Waals surface area contributed by atoms with E-state index in [0.717, 1.165) is 0 Å². The Morgan fingerprint density at radius 1 is 1.12 bits per heavy atom. The average molecular weight is 347 g/mol. The van der Waals surface area contributed by atoms with E-state index in [4.69, 9.17) is 0 Å². The van der Waals surface area contributed by atoms with E-state index in [1.54, 1.807) is 17.0 Å². The first-order valence-electron chi connectivity index (χ1n) is 8.86. The quantitative estimate of drug-likeness (QED) is 0.823. The van der Waals surface area contributed by atoms with Crippen LogP contribution >= 0.6 is 0 Å². The third kappa shape index (κ3) is 3.62. The molecule has 25 heavy (non-hydrogen) atoms. The molecule has 0 N–H and O–H groups in total. The molecule has 0 spiro atoms. The van der Waals surface area contributed by atoms with Gasteiger partial charge >= 0.3 is 0 Å². The molecule has 1 aromatic rings. The Kier molecular flexibility index (Phi) is 4.71. The fourth-order valence-electron chi connectivity index (χ4n) is 3.66. The number of carbonyl (C=O) groups is 2. The Morgan fingerprint density at radius 3 is 2.32 bits per heavy atom. The summed E-state index contributed by atoms with van der Waals surface area (Å²) in [6.07, 6.45) is 0.295. The maximum atomic E-state index is 13.9. The van der Waals surface area contributed by atoms with Gasteiger partial charge in [-0.25, -0.2) is 4.39 Å². The van der Waals surface area contributed by atoms with E-state index < -0.39 is 0 Å². The van der Waals surface area contributed by atoms with Gasteiger partial charge in [-0.1, -0.05) is 12.1 Å². The lowest BCUT2D eigenvalue weighted by Gasteiger charge is -2.37. The van der Waals surface area contributed by atoms with Crippen molar-refractivity contribution in [1.82, 2.24) is 9.80 Å². The van der Waals surface area contributed by atoms with Crippen LogP contribution in [0.1, 0.15) is 27.2 Å². The molecule has 2 amide bonds. The number of amides is 2. The van der Waals surface area contributed by atoms with Crippen molar-refractivity contribution >= 4 is 17.5 Å². The molecule has 0 bridgehead atoms. The number of nitrogens with zero attached hydrogens (tertiary/aromatic N) is 3. The fourth-order valence-corrected chi connectivity index (χ4v) is 3.66. The van der Waals surface area contributed by atoms with Crippen molar-refractivity contribution in [2.45, 2.75) is 32.7 Å². The van der Waals surface area contributed by atoms with Crippen LogP contribution in [-0.2, 0) is 9.59 Å². The van der Waals surface area contributed by atoms with Crippen molar-refractivity contribution in [1.29, 1.82) is 0 Å². The van der Waals surface area contributed by atoms with Crippen molar-refractivity contribution in [3.8, 4) is 0 Å². The minimum atomic E-state index is -0.258. The summed E-state index contributed by atoms with van der Waals surface area (Å²) in [7, 11) is 0. The number of hydrogen-bond donors (Lipinski definition) is 0. The summed E-state index contributed by atoms with van der Waals surface area (Å²) in [5.41, 5.74) is 0.333. The van der Waals surface area contributed by atoms with Crippen LogP contribution in [-0.4, -0.2) is 59.9 Å². The van der Waals surface area contributed by atoms with Crippen LogP contribution in [0.25, 0.3) is 0 Å². The topological polar surface area (TPSA) is 43.9 Å². The molecule has 2 fully saturated rings. The predicted molar refractivity (Wildman–Crippen MR) is 94.8 cm³/mol. The van der Waals surface area contributed by atoms with Crippen LogP contribution < -0.4 is 4.90 Å².